The highest BCUT2D eigenvalue weighted by molar-refractivity contribution is 7.17. The zero-order valence-corrected chi connectivity index (χ0v) is 18.0. The summed E-state index contributed by atoms with van der Waals surface area (Å²) in [5, 5.41) is 4.07. The summed E-state index contributed by atoms with van der Waals surface area (Å²) in [7, 11) is 0. The lowest BCUT2D eigenvalue weighted by Crippen LogP contribution is -2.14. The van der Waals surface area contributed by atoms with Crippen LogP contribution in [0.15, 0.2) is 27.4 Å². The Morgan fingerprint density at radius 1 is 1.13 bits per heavy atom. The highest BCUT2D eigenvalue weighted by Crippen LogP contribution is 2.38. The van der Waals surface area contributed by atoms with Gasteiger partial charge in [0.15, 0.2) is 0 Å². The molecule has 0 radical (unpaired) electrons. The summed E-state index contributed by atoms with van der Waals surface area (Å²) >= 11 is 1.45. The van der Waals surface area contributed by atoms with Crippen molar-refractivity contribution in [3.63, 3.8) is 0 Å². The number of nitrogens with one attached hydrogen (secondary N) is 1. The van der Waals surface area contributed by atoms with E-state index >= 15 is 0 Å². The molecule has 1 amide bonds. The van der Waals surface area contributed by atoms with Crippen LogP contribution in [0.3, 0.4) is 0 Å². The maximum Gasteiger partial charge on any atom is 0.341 e. The molecule has 7 heteroatoms. The standard InChI is InChI=1S/C23H23NO5S/c1-12-8-17-15(10-20(26)29-18(17)9-13(12)2)11-28-23(27)21-16-6-4-5-7-19(16)30-22(21)24-14(3)25/h8-10H,4-7,11H2,1-3H3,(H,24,25). The molecule has 0 fully saturated rings. The van der Waals surface area contributed by atoms with Crippen molar-refractivity contribution in [1.29, 1.82) is 0 Å². The predicted molar refractivity (Wildman–Crippen MR) is 116 cm³/mol. The molecule has 1 aromatic carbocycles. The number of benzene rings is 1. The largest absolute Gasteiger partial charge is 0.457 e. The van der Waals surface area contributed by atoms with E-state index in [9.17, 15) is 14.4 Å². The van der Waals surface area contributed by atoms with Crippen molar-refractivity contribution in [3.8, 4) is 0 Å². The van der Waals surface area contributed by atoms with Crippen LogP contribution in [0.5, 0.6) is 0 Å². The van der Waals surface area contributed by atoms with Crippen molar-refractivity contribution in [2.75, 3.05) is 5.32 Å². The summed E-state index contributed by atoms with van der Waals surface area (Å²) < 4.78 is 10.9. The molecule has 6 nitrogen and oxygen atoms in total. The van der Waals surface area contributed by atoms with Gasteiger partial charge in [0.2, 0.25) is 5.91 Å². The van der Waals surface area contributed by atoms with E-state index < -0.39 is 11.6 Å². The molecule has 0 spiro atoms. The molecule has 0 atom stereocenters. The van der Waals surface area contributed by atoms with Gasteiger partial charge in [0.1, 0.15) is 17.2 Å². The van der Waals surface area contributed by atoms with Gasteiger partial charge in [0.25, 0.3) is 0 Å². The minimum Gasteiger partial charge on any atom is -0.457 e. The molecule has 30 heavy (non-hydrogen) atoms. The Morgan fingerprint density at radius 2 is 1.87 bits per heavy atom. The van der Waals surface area contributed by atoms with Crippen LogP contribution in [0, 0.1) is 13.8 Å². The number of aryl methyl sites for hydroxylation is 3. The van der Waals surface area contributed by atoms with Crippen molar-refractivity contribution < 1.29 is 18.7 Å². The van der Waals surface area contributed by atoms with Crippen molar-refractivity contribution >= 4 is 39.2 Å². The normalized spacial score (nSPS) is 13.2. The molecule has 1 N–H and O–H groups in total. The number of hydrogen-bond donors (Lipinski definition) is 1. The van der Waals surface area contributed by atoms with Crippen LogP contribution in [0.1, 0.15) is 57.3 Å². The summed E-state index contributed by atoms with van der Waals surface area (Å²) in [6.45, 7) is 5.30. The van der Waals surface area contributed by atoms with Gasteiger partial charge < -0.3 is 14.5 Å². The average Bonchev–Trinajstić information content (AvgIpc) is 3.04. The first-order chi connectivity index (χ1) is 14.3. The number of hydrogen-bond acceptors (Lipinski definition) is 6. The molecular formula is C23H23NO5S. The van der Waals surface area contributed by atoms with Crippen LogP contribution < -0.4 is 10.9 Å². The van der Waals surface area contributed by atoms with E-state index in [4.69, 9.17) is 9.15 Å². The maximum absolute atomic E-state index is 13.0. The third kappa shape index (κ3) is 3.89. The monoisotopic (exact) mass is 425 g/mol. The third-order valence-electron chi connectivity index (χ3n) is 5.47. The molecule has 0 unspecified atom stereocenters. The Kier molecular flexibility index (Phi) is 5.47. The number of fused-ring (bicyclic) bond motifs is 2. The number of esters is 1. The van der Waals surface area contributed by atoms with Crippen LogP contribution in [0.2, 0.25) is 0 Å². The zero-order valence-electron chi connectivity index (χ0n) is 17.2. The first-order valence-electron chi connectivity index (χ1n) is 9.96. The highest BCUT2D eigenvalue weighted by Gasteiger charge is 2.27. The number of carbonyl (C=O) groups is 2. The van der Waals surface area contributed by atoms with E-state index in [1.165, 1.54) is 24.3 Å². The number of anilines is 1. The quantitative estimate of drug-likeness (QED) is 0.485. The van der Waals surface area contributed by atoms with Crippen molar-refractivity contribution in [3.05, 3.63) is 61.3 Å². The molecular weight excluding hydrogens is 402 g/mol. The van der Waals surface area contributed by atoms with Gasteiger partial charge in [-0.3, -0.25) is 4.79 Å². The molecule has 0 bridgehead atoms. The number of rotatable bonds is 4. The second-order valence-electron chi connectivity index (χ2n) is 7.70. The minimum absolute atomic E-state index is 0.0480. The van der Waals surface area contributed by atoms with E-state index in [1.807, 2.05) is 26.0 Å². The SMILES string of the molecule is CC(=O)Nc1sc2c(c1C(=O)OCc1cc(=O)oc3cc(C)c(C)cc13)CCCC2. The van der Waals surface area contributed by atoms with Crippen LogP contribution in [-0.4, -0.2) is 11.9 Å². The van der Waals surface area contributed by atoms with E-state index in [0.717, 1.165) is 52.6 Å². The maximum atomic E-state index is 13.0. The lowest BCUT2D eigenvalue weighted by molar-refractivity contribution is -0.114. The topological polar surface area (TPSA) is 85.6 Å². The Balaban J connectivity index is 1.66. The molecule has 4 rings (SSSR count). The van der Waals surface area contributed by atoms with Gasteiger partial charge in [-0.05, 0) is 68.4 Å². The van der Waals surface area contributed by atoms with Crippen LogP contribution in [0.4, 0.5) is 5.00 Å². The Morgan fingerprint density at radius 3 is 2.63 bits per heavy atom. The first kappa shape index (κ1) is 20.3. The molecule has 1 aliphatic carbocycles. The minimum atomic E-state index is -0.483. The van der Waals surface area contributed by atoms with Gasteiger partial charge in [0.05, 0.1) is 5.56 Å². The molecule has 156 valence electrons. The van der Waals surface area contributed by atoms with E-state index in [1.54, 1.807) is 0 Å². The first-order valence-corrected chi connectivity index (χ1v) is 10.8. The summed E-state index contributed by atoms with van der Waals surface area (Å²) in [6, 6.07) is 5.12. The molecule has 0 saturated heterocycles. The Hall–Kier alpha value is -2.93. The van der Waals surface area contributed by atoms with E-state index in [-0.39, 0.29) is 12.5 Å². The molecule has 0 saturated carbocycles. The van der Waals surface area contributed by atoms with Crippen LogP contribution in [0.25, 0.3) is 11.0 Å². The lowest BCUT2D eigenvalue weighted by atomic mass is 9.95. The smallest absolute Gasteiger partial charge is 0.341 e. The van der Waals surface area contributed by atoms with Crippen LogP contribution >= 0.6 is 11.3 Å². The van der Waals surface area contributed by atoms with Gasteiger partial charge in [-0.2, -0.15) is 0 Å². The lowest BCUT2D eigenvalue weighted by Gasteiger charge is -2.13. The average molecular weight is 426 g/mol. The van der Waals surface area contributed by atoms with Crippen molar-refractivity contribution in [1.82, 2.24) is 0 Å². The second kappa shape index (κ2) is 8.07. The van der Waals surface area contributed by atoms with Gasteiger partial charge in [0, 0.05) is 28.8 Å². The Bertz CT molecular complexity index is 1220. The molecule has 2 heterocycles. The van der Waals surface area contributed by atoms with Gasteiger partial charge in [-0.15, -0.1) is 11.3 Å². The molecule has 1 aliphatic rings. The summed E-state index contributed by atoms with van der Waals surface area (Å²) in [5.74, 6) is -0.705. The third-order valence-corrected chi connectivity index (χ3v) is 6.68. The van der Waals surface area contributed by atoms with E-state index in [2.05, 4.69) is 5.32 Å². The van der Waals surface area contributed by atoms with Gasteiger partial charge in [-0.1, -0.05) is 0 Å². The fourth-order valence-electron chi connectivity index (χ4n) is 3.85. The van der Waals surface area contributed by atoms with E-state index in [0.29, 0.717) is 21.7 Å². The fourth-order valence-corrected chi connectivity index (χ4v) is 5.17. The number of amides is 1. The van der Waals surface area contributed by atoms with Crippen LogP contribution in [-0.2, 0) is 29.0 Å². The predicted octanol–water partition coefficient (Wildman–Crippen LogP) is 4.67. The fraction of sp³-hybridized carbons (Fsp3) is 0.348. The molecule has 0 aliphatic heterocycles. The molecule has 2 aromatic heterocycles. The number of thiophene rings is 1. The summed E-state index contributed by atoms with van der Waals surface area (Å²) in [6.07, 6.45) is 3.79. The van der Waals surface area contributed by atoms with Gasteiger partial charge in [-0.25, -0.2) is 9.59 Å². The molecule has 3 aromatic rings. The highest BCUT2D eigenvalue weighted by atomic mass is 32.1. The second-order valence-corrected chi connectivity index (χ2v) is 8.80. The zero-order chi connectivity index (χ0) is 21.4. The van der Waals surface area contributed by atoms with Crippen molar-refractivity contribution in [2.45, 2.75) is 53.1 Å². The Labute approximate surface area is 177 Å². The van der Waals surface area contributed by atoms with Crippen molar-refractivity contribution in [2.24, 2.45) is 0 Å². The van der Waals surface area contributed by atoms with Gasteiger partial charge >= 0.3 is 11.6 Å². The summed E-state index contributed by atoms with van der Waals surface area (Å²) in [5.41, 5.74) is 4.09. The number of carbonyl (C=O) groups excluding carboxylic acids is 2. The summed E-state index contributed by atoms with van der Waals surface area (Å²) in [4.78, 5) is 37.8. The number of ether oxygens (including phenoxy) is 1.